The summed E-state index contributed by atoms with van der Waals surface area (Å²) in [5, 5.41) is 0. The highest BCUT2D eigenvalue weighted by Crippen LogP contribution is 2.13. The fourth-order valence-corrected chi connectivity index (χ4v) is 1.78. The Labute approximate surface area is 121 Å². The van der Waals surface area contributed by atoms with Crippen LogP contribution in [0.4, 0.5) is 0 Å². The maximum Gasteiger partial charge on any atom is 0.120 e. The van der Waals surface area contributed by atoms with Gasteiger partial charge < -0.3 is 15.4 Å². The molecule has 0 heterocycles. The van der Waals surface area contributed by atoms with Gasteiger partial charge in [-0.15, -0.1) is 0 Å². The SMILES string of the molecule is CC(C)CCN(C)CCOc1cccc(C(N)=S)c1. The standard InChI is InChI=1S/C15H24N2OS/c1-12(2)7-8-17(3)9-10-18-14-6-4-5-13(11-14)15(16)19/h4-6,11-12H,7-10H2,1-3H3,(H2,16,19). The van der Waals surface area contributed by atoms with Crippen LogP contribution < -0.4 is 10.5 Å². The van der Waals surface area contributed by atoms with Crippen LogP contribution in [-0.2, 0) is 0 Å². The molecule has 0 unspecified atom stereocenters. The molecule has 0 saturated heterocycles. The molecule has 1 rings (SSSR count). The summed E-state index contributed by atoms with van der Waals surface area (Å²) in [5.74, 6) is 1.56. The van der Waals surface area contributed by atoms with E-state index in [0.717, 1.165) is 30.3 Å². The summed E-state index contributed by atoms with van der Waals surface area (Å²) in [4.78, 5) is 2.69. The van der Waals surface area contributed by atoms with Gasteiger partial charge in [0.15, 0.2) is 0 Å². The van der Waals surface area contributed by atoms with E-state index in [0.29, 0.717) is 11.6 Å². The molecule has 0 radical (unpaired) electrons. The number of ether oxygens (including phenoxy) is 1. The fourth-order valence-electron chi connectivity index (χ4n) is 1.65. The minimum atomic E-state index is 0.402. The lowest BCUT2D eigenvalue weighted by Crippen LogP contribution is -2.26. The van der Waals surface area contributed by atoms with Gasteiger partial charge in [-0.05, 0) is 38.1 Å². The summed E-state index contributed by atoms with van der Waals surface area (Å²) in [5.41, 5.74) is 6.44. The van der Waals surface area contributed by atoms with E-state index in [1.54, 1.807) is 0 Å². The minimum Gasteiger partial charge on any atom is -0.492 e. The Kier molecular flexibility index (Phi) is 6.81. The Morgan fingerprint density at radius 1 is 1.37 bits per heavy atom. The average Bonchev–Trinajstić information content (AvgIpc) is 2.36. The Hall–Kier alpha value is -1.13. The van der Waals surface area contributed by atoms with Gasteiger partial charge in [0.25, 0.3) is 0 Å². The van der Waals surface area contributed by atoms with Crippen LogP contribution in [0.15, 0.2) is 24.3 Å². The normalized spacial score (nSPS) is 11.0. The second-order valence-corrected chi connectivity index (χ2v) is 5.67. The Bertz CT molecular complexity index is 407. The molecule has 0 amide bonds. The largest absolute Gasteiger partial charge is 0.492 e. The predicted octanol–water partition coefficient (Wildman–Crippen LogP) is 2.68. The quantitative estimate of drug-likeness (QED) is 0.743. The van der Waals surface area contributed by atoms with Crippen LogP contribution in [0.1, 0.15) is 25.8 Å². The molecule has 1 aromatic rings. The summed E-state index contributed by atoms with van der Waals surface area (Å²) in [6.45, 7) is 7.18. The molecular weight excluding hydrogens is 256 g/mol. The van der Waals surface area contributed by atoms with Crippen LogP contribution in [0.3, 0.4) is 0 Å². The molecular formula is C15H24N2OS. The van der Waals surface area contributed by atoms with Gasteiger partial charge in [0.2, 0.25) is 0 Å². The first-order chi connectivity index (χ1) is 8.99. The van der Waals surface area contributed by atoms with Crippen molar-refractivity contribution in [2.45, 2.75) is 20.3 Å². The first-order valence-corrected chi connectivity index (χ1v) is 7.11. The van der Waals surface area contributed by atoms with Crippen molar-refractivity contribution in [2.75, 3.05) is 26.7 Å². The Morgan fingerprint density at radius 3 is 2.74 bits per heavy atom. The lowest BCUT2D eigenvalue weighted by atomic mass is 10.1. The average molecular weight is 280 g/mol. The highest BCUT2D eigenvalue weighted by Gasteiger charge is 2.02. The van der Waals surface area contributed by atoms with Crippen molar-refractivity contribution in [1.29, 1.82) is 0 Å². The molecule has 0 aliphatic heterocycles. The third-order valence-electron chi connectivity index (χ3n) is 2.95. The molecule has 0 fully saturated rings. The third-order valence-corrected chi connectivity index (χ3v) is 3.18. The smallest absolute Gasteiger partial charge is 0.120 e. The van der Waals surface area contributed by atoms with E-state index in [1.165, 1.54) is 6.42 Å². The van der Waals surface area contributed by atoms with E-state index in [1.807, 2.05) is 24.3 Å². The van der Waals surface area contributed by atoms with Crippen LogP contribution in [0, 0.1) is 5.92 Å². The number of rotatable bonds is 8. The first-order valence-electron chi connectivity index (χ1n) is 6.70. The van der Waals surface area contributed by atoms with Crippen molar-refractivity contribution in [1.82, 2.24) is 4.90 Å². The molecule has 19 heavy (non-hydrogen) atoms. The lowest BCUT2D eigenvalue weighted by molar-refractivity contribution is 0.230. The highest BCUT2D eigenvalue weighted by atomic mass is 32.1. The van der Waals surface area contributed by atoms with E-state index in [9.17, 15) is 0 Å². The van der Waals surface area contributed by atoms with Gasteiger partial charge in [0.05, 0.1) is 0 Å². The van der Waals surface area contributed by atoms with Gasteiger partial charge in [-0.25, -0.2) is 0 Å². The molecule has 2 N–H and O–H groups in total. The van der Waals surface area contributed by atoms with E-state index in [2.05, 4.69) is 25.8 Å². The van der Waals surface area contributed by atoms with Crippen molar-refractivity contribution < 1.29 is 4.74 Å². The number of thiocarbonyl (C=S) groups is 1. The Morgan fingerprint density at radius 2 is 2.11 bits per heavy atom. The number of nitrogens with two attached hydrogens (primary N) is 1. The minimum absolute atomic E-state index is 0.402. The van der Waals surface area contributed by atoms with Gasteiger partial charge in [-0.1, -0.05) is 38.2 Å². The molecule has 106 valence electrons. The van der Waals surface area contributed by atoms with Crippen molar-refractivity contribution in [3.05, 3.63) is 29.8 Å². The molecule has 0 atom stereocenters. The van der Waals surface area contributed by atoms with E-state index >= 15 is 0 Å². The zero-order valence-corrected chi connectivity index (χ0v) is 12.9. The van der Waals surface area contributed by atoms with Gasteiger partial charge in [0.1, 0.15) is 17.3 Å². The van der Waals surface area contributed by atoms with E-state index in [-0.39, 0.29) is 0 Å². The zero-order chi connectivity index (χ0) is 14.3. The van der Waals surface area contributed by atoms with Gasteiger partial charge in [-0.3, -0.25) is 0 Å². The summed E-state index contributed by atoms with van der Waals surface area (Å²) in [7, 11) is 2.12. The molecule has 0 aliphatic carbocycles. The lowest BCUT2D eigenvalue weighted by Gasteiger charge is -2.18. The first kappa shape index (κ1) is 15.9. The fraction of sp³-hybridized carbons (Fsp3) is 0.533. The van der Waals surface area contributed by atoms with Crippen molar-refractivity contribution in [2.24, 2.45) is 11.7 Å². The van der Waals surface area contributed by atoms with Crippen LogP contribution >= 0.6 is 12.2 Å². The second-order valence-electron chi connectivity index (χ2n) is 5.23. The molecule has 4 heteroatoms. The van der Waals surface area contributed by atoms with Gasteiger partial charge in [0, 0.05) is 12.1 Å². The van der Waals surface area contributed by atoms with Crippen LogP contribution in [0.25, 0.3) is 0 Å². The zero-order valence-electron chi connectivity index (χ0n) is 12.1. The second kappa shape index (κ2) is 8.12. The van der Waals surface area contributed by atoms with Gasteiger partial charge in [-0.2, -0.15) is 0 Å². The van der Waals surface area contributed by atoms with Crippen LogP contribution in [0.2, 0.25) is 0 Å². The summed E-state index contributed by atoms with van der Waals surface area (Å²) >= 11 is 4.95. The number of hydrogen-bond donors (Lipinski definition) is 1. The van der Waals surface area contributed by atoms with Crippen molar-refractivity contribution >= 4 is 17.2 Å². The molecule has 0 aromatic heterocycles. The number of nitrogens with zero attached hydrogens (tertiary/aromatic N) is 1. The number of likely N-dealkylation sites (N-methyl/N-ethyl adjacent to an activating group) is 1. The molecule has 1 aromatic carbocycles. The summed E-state index contributed by atoms with van der Waals surface area (Å²) < 4.78 is 5.72. The van der Waals surface area contributed by atoms with Crippen LogP contribution in [0.5, 0.6) is 5.75 Å². The third kappa shape index (κ3) is 6.55. The number of benzene rings is 1. The van der Waals surface area contributed by atoms with Gasteiger partial charge >= 0.3 is 0 Å². The summed E-state index contributed by atoms with van der Waals surface area (Å²) in [6.07, 6.45) is 1.22. The molecule has 0 bridgehead atoms. The molecule has 0 spiro atoms. The Balaban J connectivity index is 2.32. The van der Waals surface area contributed by atoms with E-state index < -0.39 is 0 Å². The maximum absolute atomic E-state index is 5.72. The summed E-state index contributed by atoms with van der Waals surface area (Å²) in [6, 6.07) is 7.61. The van der Waals surface area contributed by atoms with Crippen molar-refractivity contribution in [3.8, 4) is 5.75 Å². The topological polar surface area (TPSA) is 38.5 Å². The molecule has 3 nitrogen and oxygen atoms in total. The molecule has 0 aliphatic rings. The number of hydrogen-bond acceptors (Lipinski definition) is 3. The van der Waals surface area contributed by atoms with Crippen molar-refractivity contribution in [3.63, 3.8) is 0 Å². The molecule has 0 saturated carbocycles. The highest BCUT2D eigenvalue weighted by molar-refractivity contribution is 7.80. The van der Waals surface area contributed by atoms with Crippen LogP contribution in [-0.4, -0.2) is 36.6 Å². The van der Waals surface area contributed by atoms with E-state index in [4.69, 9.17) is 22.7 Å². The predicted molar refractivity (Wildman–Crippen MR) is 84.8 cm³/mol. The monoisotopic (exact) mass is 280 g/mol. The maximum atomic E-state index is 5.72.